The molecule has 0 saturated heterocycles. The molecule has 1 heterocycles. The van der Waals surface area contributed by atoms with Crippen molar-refractivity contribution in [1.82, 2.24) is 5.32 Å². The van der Waals surface area contributed by atoms with Crippen molar-refractivity contribution in [3.8, 4) is 5.75 Å². The van der Waals surface area contributed by atoms with E-state index in [2.05, 4.69) is 23.6 Å². The zero-order valence-corrected chi connectivity index (χ0v) is 9.09. The fourth-order valence-corrected chi connectivity index (χ4v) is 2.04. The highest BCUT2D eigenvalue weighted by Gasteiger charge is 2.19. The van der Waals surface area contributed by atoms with Crippen molar-refractivity contribution in [1.29, 1.82) is 0 Å². The first kappa shape index (κ1) is 10.3. The van der Waals surface area contributed by atoms with Gasteiger partial charge in [-0.2, -0.15) is 0 Å². The molecule has 0 spiro atoms. The predicted octanol–water partition coefficient (Wildman–Crippen LogP) is 1.73. The Hall–Kier alpha value is -1.22. The third-order valence-corrected chi connectivity index (χ3v) is 2.88. The minimum Gasteiger partial charge on any atom is -0.506 e. The molecule has 0 saturated carbocycles. The topological polar surface area (TPSA) is 44.3 Å². The molecule has 82 valence electrons. The van der Waals surface area contributed by atoms with Crippen LogP contribution in [0.4, 0.5) is 5.69 Å². The highest BCUT2D eigenvalue weighted by atomic mass is 16.3. The third kappa shape index (κ3) is 2.23. The zero-order valence-electron chi connectivity index (χ0n) is 9.09. The SMILES string of the molecule is CCNCC1CCc2cccc(O)c2N1. The van der Waals surface area contributed by atoms with E-state index >= 15 is 0 Å². The average molecular weight is 206 g/mol. The number of anilines is 1. The van der Waals surface area contributed by atoms with Gasteiger partial charge in [0.25, 0.3) is 0 Å². The van der Waals surface area contributed by atoms with Gasteiger partial charge in [-0.25, -0.2) is 0 Å². The van der Waals surface area contributed by atoms with Gasteiger partial charge in [-0.05, 0) is 31.0 Å². The standard InChI is InChI=1S/C12H18N2O/c1-2-13-8-10-7-6-9-4-3-5-11(15)12(9)14-10/h3-5,10,13-15H,2,6-8H2,1H3. The fraction of sp³-hybridized carbons (Fsp3) is 0.500. The molecule has 0 amide bonds. The van der Waals surface area contributed by atoms with E-state index in [1.165, 1.54) is 5.56 Å². The Labute approximate surface area is 90.5 Å². The normalized spacial score (nSPS) is 19.4. The summed E-state index contributed by atoms with van der Waals surface area (Å²) >= 11 is 0. The van der Waals surface area contributed by atoms with Crippen molar-refractivity contribution < 1.29 is 5.11 Å². The van der Waals surface area contributed by atoms with E-state index in [0.717, 1.165) is 31.6 Å². The van der Waals surface area contributed by atoms with E-state index in [4.69, 9.17) is 0 Å². The van der Waals surface area contributed by atoms with Gasteiger partial charge >= 0.3 is 0 Å². The number of phenolic OH excluding ortho intramolecular Hbond substituents is 1. The highest BCUT2D eigenvalue weighted by Crippen LogP contribution is 2.32. The van der Waals surface area contributed by atoms with Crippen LogP contribution in [0.3, 0.4) is 0 Å². The van der Waals surface area contributed by atoms with Crippen molar-refractivity contribution >= 4 is 5.69 Å². The molecule has 3 nitrogen and oxygen atoms in total. The molecule has 0 bridgehead atoms. The van der Waals surface area contributed by atoms with E-state index in [1.807, 2.05) is 6.07 Å². The minimum atomic E-state index is 0.369. The Morgan fingerprint density at radius 3 is 3.20 bits per heavy atom. The summed E-state index contributed by atoms with van der Waals surface area (Å²) in [5.74, 6) is 0.369. The van der Waals surface area contributed by atoms with Crippen LogP contribution in [-0.2, 0) is 6.42 Å². The van der Waals surface area contributed by atoms with Gasteiger partial charge < -0.3 is 15.7 Å². The summed E-state index contributed by atoms with van der Waals surface area (Å²) in [7, 11) is 0. The van der Waals surface area contributed by atoms with Gasteiger partial charge in [0.05, 0.1) is 5.69 Å². The molecule has 0 fully saturated rings. The molecule has 3 heteroatoms. The second-order valence-corrected chi connectivity index (χ2v) is 4.00. The molecule has 1 aromatic carbocycles. The molecule has 1 aromatic rings. The molecular weight excluding hydrogens is 188 g/mol. The summed E-state index contributed by atoms with van der Waals surface area (Å²) in [5, 5.41) is 16.4. The van der Waals surface area contributed by atoms with Crippen molar-refractivity contribution in [2.45, 2.75) is 25.8 Å². The lowest BCUT2D eigenvalue weighted by molar-refractivity contribution is 0.471. The quantitative estimate of drug-likeness (QED) is 0.660. The molecule has 15 heavy (non-hydrogen) atoms. The number of likely N-dealkylation sites (N-methyl/N-ethyl adjacent to an activating group) is 1. The summed E-state index contributed by atoms with van der Waals surface area (Å²) in [5.41, 5.74) is 2.15. The second-order valence-electron chi connectivity index (χ2n) is 4.00. The molecule has 1 unspecified atom stereocenters. The smallest absolute Gasteiger partial charge is 0.138 e. The summed E-state index contributed by atoms with van der Waals surface area (Å²) in [6.45, 7) is 4.06. The monoisotopic (exact) mass is 206 g/mol. The van der Waals surface area contributed by atoms with Crippen LogP contribution >= 0.6 is 0 Å². The van der Waals surface area contributed by atoms with E-state index in [0.29, 0.717) is 11.8 Å². The zero-order chi connectivity index (χ0) is 10.7. The third-order valence-electron chi connectivity index (χ3n) is 2.88. The number of para-hydroxylation sites is 1. The highest BCUT2D eigenvalue weighted by molar-refractivity contribution is 5.63. The second kappa shape index (κ2) is 4.53. The van der Waals surface area contributed by atoms with Crippen LogP contribution in [0.25, 0.3) is 0 Å². The van der Waals surface area contributed by atoms with Gasteiger partial charge in [0.15, 0.2) is 0 Å². The first-order valence-electron chi connectivity index (χ1n) is 5.59. The lowest BCUT2D eigenvalue weighted by Gasteiger charge is -2.27. The average Bonchev–Trinajstić information content (AvgIpc) is 2.27. The first-order valence-corrected chi connectivity index (χ1v) is 5.59. The molecular formula is C12H18N2O. The number of nitrogens with one attached hydrogen (secondary N) is 2. The van der Waals surface area contributed by atoms with Gasteiger partial charge in [0.1, 0.15) is 5.75 Å². The van der Waals surface area contributed by atoms with Crippen LogP contribution in [0.2, 0.25) is 0 Å². The summed E-state index contributed by atoms with van der Waals surface area (Å²) < 4.78 is 0. The maximum atomic E-state index is 9.72. The van der Waals surface area contributed by atoms with Gasteiger partial charge in [-0.15, -0.1) is 0 Å². The molecule has 2 rings (SSSR count). The first-order chi connectivity index (χ1) is 7.31. The maximum Gasteiger partial charge on any atom is 0.138 e. The number of hydrogen-bond donors (Lipinski definition) is 3. The lowest BCUT2D eigenvalue weighted by Crippen LogP contribution is -2.35. The molecule has 3 N–H and O–H groups in total. The van der Waals surface area contributed by atoms with E-state index < -0.39 is 0 Å². The fourth-order valence-electron chi connectivity index (χ4n) is 2.04. The maximum absolute atomic E-state index is 9.72. The Balaban J connectivity index is 2.08. The number of fused-ring (bicyclic) bond motifs is 1. The van der Waals surface area contributed by atoms with Gasteiger partial charge in [-0.3, -0.25) is 0 Å². The number of benzene rings is 1. The largest absolute Gasteiger partial charge is 0.506 e. The summed E-state index contributed by atoms with van der Waals surface area (Å²) in [6.07, 6.45) is 2.18. The summed E-state index contributed by atoms with van der Waals surface area (Å²) in [6, 6.07) is 6.15. The van der Waals surface area contributed by atoms with Crippen LogP contribution in [0, 0.1) is 0 Å². The predicted molar refractivity (Wildman–Crippen MR) is 62.4 cm³/mol. The Morgan fingerprint density at radius 1 is 1.53 bits per heavy atom. The summed E-state index contributed by atoms with van der Waals surface area (Å²) in [4.78, 5) is 0. The van der Waals surface area contributed by atoms with Gasteiger partial charge in [0, 0.05) is 12.6 Å². The Bertz CT molecular complexity index is 338. The van der Waals surface area contributed by atoms with Crippen molar-refractivity contribution in [3.05, 3.63) is 23.8 Å². The van der Waals surface area contributed by atoms with Crippen molar-refractivity contribution in [2.75, 3.05) is 18.4 Å². The molecule has 1 aliphatic rings. The molecule has 0 aromatic heterocycles. The Morgan fingerprint density at radius 2 is 2.40 bits per heavy atom. The molecule has 0 aliphatic carbocycles. The number of aryl methyl sites for hydroxylation is 1. The van der Waals surface area contributed by atoms with Crippen LogP contribution in [0.5, 0.6) is 5.75 Å². The van der Waals surface area contributed by atoms with Crippen LogP contribution in [-0.4, -0.2) is 24.2 Å². The molecule has 1 aliphatic heterocycles. The molecule has 0 radical (unpaired) electrons. The van der Waals surface area contributed by atoms with E-state index in [-0.39, 0.29) is 0 Å². The Kier molecular flexibility index (Phi) is 3.11. The van der Waals surface area contributed by atoms with Gasteiger partial charge in [-0.1, -0.05) is 19.1 Å². The molecule has 1 atom stereocenters. The van der Waals surface area contributed by atoms with E-state index in [1.54, 1.807) is 6.07 Å². The lowest BCUT2D eigenvalue weighted by atomic mass is 9.97. The number of rotatable bonds is 3. The van der Waals surface area contributed by atoms with Crippen molar-refractivity contribution in [2.24, 2.45) is 0 Å². The number of phenols is 1. The van der Waals surface area contributed by atoms with Crippen LogP contribution in [0.1, 0.15) is 18.9 Å². The van der Waals surface area contributed by atoms with Crippen LogP contribution in [0.15, 0.2) is 18.2 Å². The van der Waals surface area contributed by atoms with Gasteiger partial charge in [0.2, 0.25) is 0 Å². The number of aromatic hydroxyl groups is 1. The van der Waals surface area contributed by atoms with Crippen molar-refractivity contribution in [3.63, 3.8) is 0 Å². The minimum absolute atomic E-state index is 0.369. The number of hydrogen-bond acceptors (Lipinski definition) is 3. The van der Waals surface area contributed by atoms with Crippen LogP contribution < -0.4 is 10.6 Å². The van der Waals surface area contributed by atoms with E-state index in [9.17, 15) is 5.11 Å².